The highest BCUT2D eigenvalue weighted by Gasteiger charge is 2.22. The zero-order chi connectivity index (χ0) is 14.8. The van der Waals surface area contributed by atoms with Gasteiger partial charge >= 0.3 is 0 Å². The van der Waals surface area contributed by atoms with Crippen LogP contribution >= 0.6 is 48.0 Å². The van der Waals surface area contributed by atoms with Crippen molar-refractivity contribution >= 4 is 56.6 Å². The van der Waals surface area contributed by atoms with Gasteiger partial charge in [0.2, 0.25) is 0 Å². The number of rotatable bonds is 6. The van der Waals surface area contributed by atoms with Crippen LogP contribution in [0, 0.1) is 11.8 Å². The summed E-state index contributed by atoms with van der Waals surface area (Å²) in [7, 11) is 0. The van der Waals surface area contributed by atoms with Crippen LogP contribution in [0.1, 0.15) is 39.5 Å². The molecule has 0 bridgehead atoms. The molecule has 1 saturated carbocycles. The van der Waals surface area contributed by atoms with Gasteiger partial charge in [-0.15, -0.1) is 0 Å². The standard InChI is InChI=1S/C14H26N2S4/c1-3-19-13(17)15-9-11-6-5-7-12(8-11)10-16-14(18)20-4-2/h11-12H,3-10H2,1-2H3,(H,15,17)(H,16,18). The van der Waals surface area contributed by atoms with Gasteiger partial charge in [-0.05, 0) is 42.6 Å². The highest BCUT2D eigenvalue weighted by atomic mass is 32.2. The first-order valence-electron chi connectivity index (χ1n) is 7.46. The van der Waals surface area contributed by atoms with E-state index >= 15 is 0 Å². The first-order chi connectivity index (χ1) is 9.65. The van der Waals surface area contributed by atoms with E-state index in [-0.39, 0.29) is 0 Å². The van der Waals surface area contributed by atoms with E-state index in [1.165, 1.54) is 25.7 Å². The number of hydrogen-bond donors (Lipinski definition) is 2. The molecule has 1 fully saturated rings. The monoisotopic (exact) mass is 350 g/mol. The van der Waals surface area contributed by atoms with Gasteiger partial charge < -0.3 is 10.6 Å². The Morgan fingerprint density at radius 1 is 0.950 bits per heavy atom. The van der Waals surface area contributed by atoms with Gasteiger partial charge in [0.25, 0.3) is 0 Å². The van der Waals surface area contributed by atoms with E-state index in [9.17, 15) is 0 Å². The summed E-state index contributed by atoms with van der Waals surface area (Å²) >= 11 is 14.0. The van der Waals surface area contributed by atoms with E-state index in [1.54, 1.807) is 23.5 Å². The molecule has 0 aromatic heterocycles. The zero-order valence-corrected chi connectivity index (χ0v) is 15.7. The lowest BCUT2D eigenvalue weighted by atomic mass is 9.81. The topological polar surface area (TPSA) is 24.1 Å². The lowest BCUT2D eigenvalue weighted by Crippen LogP contribution is -2.33. The summed E-state index contributed by atoms with van der Waals surface area (Å²) in [6.45, 7) is 6.35. The van der Waals surface area contributed by atoms with E-state index in [2.05, 4.69) is 24.5 Å². The van der Waals surface area contributed by atoms with Crippen molar-refractivity contribution in [3.63, 3.8) is 0 Å². The summed E-state index contributed by atoms with van der Waals surface area (Å²) in [5, 5.41) is 6.81. The summed E-state index contributed by atoms with van der Waals surface area (Å²) in [6.07, 6.45) is 5.28. The van der Waals surface area contributed by atoms with Gasteiger partial charge in [-0.2, -0.15) is 0 Å². The fourth-order valence-corrected chi connectivity index (χ4v) is 4.36. The van der Waals surface area contributed by atoms with E-state index < -0.39 is 0 Å². The largest absolute Gasteiger partial charge is 0.371 e. The fourth-order valence-electron chi connectivity index (χ4n) is 2.59. The molecule has 0 saturated heterocycles. The number of nitrogens with one attached hydrogen (secondary N) is 2. The van der Waals surface area contributed by atoms with Crippen LogP contribution in [0.15, 0.2) is 0 Å². The smallest absolute Gasteiger partial charge is 0.133 e. The van der Waals surface area contributed by atoms with Gasteiger partial charge in [0, 0.05) is 13.1 Å². The van der Waals surface area contributed by atoms with Gasteiger partial charge in [-0.1, -0.05) is 68.2 Å². The Kier molecular flexibility index (Phi) is 10.3. The van der Waals surface area contributed by atoms with Crippen LogP contribution in [0.3, 0.4) is 0 Å². The minimum absolute atomic E-state index is 0.762. The van der Waals surface area contributed by atoms with E-state index in [4.69, 9.17) is 24.4 Å². The second kappa shape index (κ2) is 11.1. The second-order valence-corrected chi connectivity index (χ2v) is 8.98. The Bertz CT molecular complexity index is 282. The molecule has 20 heavy (non-hydrogen) atoms. The van der Waals surface area contributed by atoms with Crippen LogP contribution in [0.4, 0.5) is 0 Å². The zero-order valence-electron chi connectivity index (χ0n) is 12.4. The average Bonchev–Trinajstić information content (AvgIpc) is 2.44. The third-order valence-electron chi connectivity index (χ3n) is 3.51. The molecular weight excluding hydrogens is 324 g/mol. The molecule has 0 aliphatic heterocycles. The minimum Gasteiger partial charge on any atom is -0.371 e. The van der Waals surface area contributed by atoms with E-state index in [0.717, 1.165) is 45.1 Å². The fraction of sp³-hybridized carbons (Fsp3) is 0.857. The summed E-state index contributed by atoms with van der Waals surface area (Å²) in [5.41, 5.74) is 0. The molecule has 0 amide bonds. The van der Waals surface area contributed by atoms with Gasteiger partial charge in [-0.25, -0.2) is 0 Å². The third kappa shape index (κ3) is 8.05. The Labute approximate surface area is 143 Å². The summed E-state index contributed by atoms with van der Waals surface area (Å²) in [6, 6.07) is 0. The number of thiocarbonyl (C=S) groups is 2. The SMILES string of the molecule is CCSC(=S)NCC1CCCC(CNC(=S)SCC)C1. The molecule has 6 heteroatoms. The Hall–Kier alpha value is 0.480. The summed E-state index contributed by atoms with van der Waals surface area (Å²) in [4.78, 5) is 0. The van der Waals surface area contributed by atoms with Crippen molar-refractivity contribution in [1.82, 2.24) is 10.6 Å². The molecule has 1 aliphatic carbocycles. The molecule has 0 aromatic carbocycles. The van der Waals surface area contributed by atoms with Crippen molar-refractivity contribution in [2.45, 2.75) is 39.5 Å². The molecule has 116 valence electrons. The lowest BCUT2D eigenvalue weighted by molar-refractivity contribution is 0.267. The van der Waals surface area contributed by atoms with Crippen molar-refractivity contribution in [1.29, 1.82) is 0 Å². The van der Waals surface area contributed by atoms with Crippen LogP contribution in [0.5, 0.6) is 0 Å². The van der Waals surface area contributed by atoms with Crippen molar-refractivity contribution < 1.29 is 0 Å². The van der Waals surface area contributed by atoms with Crippen LogP contribution in [-0.4, -0.2) is 33.2 Å². The average molecular weight is 351 g/mol. The molecule has 0 radical (unpaired) electrons. The first kappa shape index (κ1) is 18.5. The van der Waals surface area contributed by atoms with Crippen molar-refractivity contribution in [3.8, 4) is 0 Å². The summed E-state index contributed by atoms with van der Waals surface area (Å²) < 4.78 is 1.90. The molecule has 1 rings (SSSR count). The van der Waals surface area contributed by atoms with Crippen molar-refractivity contribution in [2.24, 2.45) is 11.8 Å². The van der Waals surface area contributed by atoms with E-state index in [1.807, 2.05) is 0 Å². The molecule has 2 unspecified atom stereocenters. The van der Waals surface area contributed by atoms with Crippen molar-refractivity contribution in [3.05, 3.63) is 0 Å². The Balaban J connectivity index is 2.21. The van der Waals surface area contributed by atoms with Gasteiger partial charge in [0.15, 0.2) is 0 Å². The summed E-state index contributed by atoms with van der Waals surface area (Å²) in [5.74, 6) is 3.63. The Morgan fingerprint density at radius 3 is 1.80 bits per heavy atom. The maximum atomic E-state index is 5.29. The quantitative estimate of drug-likeness (QED) is 0.701. The van der Waals surface area contributed by atoms with E-state index in [0.29, 0.717) is 0 Å². The maximum absolute atomic E-state index is 5.29. The maximum Gasteiger partial charge on any atom is 0.133 e. The molecular formula is C14H26N2S4. The molecule has 0 spiro atoms. The highest BCUT2D eigenvalue weighted by Crippen LogP contribution is 2.28. The Morgan fingerprint density at radius 2 is 1.40 bits per heavy atom. The van der Waals surface area contributed by atoms with Gasteiger partial charge in [-0.3, -0.25) is 0 Å². The number of thioether (sulfide) groups is 2. The van der Waals surface area contributed by atoms with Crippen LogP contribution in [-0.2, 0) is 0 Å². The molecule has 2 nitrogen and oxygen atoms in total. The molecule has 1 aliphatic rings. The molecule has 2 N–H and O–H groups in total. The van der Waals surface area contributed by atoms with Crippen LogP contribution in [0.25, 0.3) is 0 Å². The number of hydrogen-bond acceptors (Lipinski definition) is 4. The van der Waals surface area contributed by atoms with Gasteiger partial charge in [0.05, 0.1) is 0 Å². The third-order valence-corrected chi connectivity index (χ3v) is 5.90. The molecule has 0 heterocycles. The molecule has 0 aromatic rings. The van der Waals surface area contributed by atoms with Gasteiger partial charge in [0.1, 0.15) is 8.64 Å². The lowest BCUT2D eigenvalue weighted by Gasteiger charge is -2.29. The molecule has 2 atom stereocenters. The minimum atomic E-state index is 0.762. The predicted octanol–water partition coefficient (Wildman–Crippen LogP) is 4.05. The highest BCUT2D eigenvalue weighted by molar-refractivity contribution is 8.23. The van der Waals surface area contributed by atoms with Crippen molar-refractivity contribution in [2.75, 3.05) is 24.6 Å². The predicted molar refractivity (Wildman–Crippen MR) is 103 cm³/mol. The first-order valence-corrected chi connectivity index (χ1v) is 10.3. The van der Waals surface area contributed by atoms with Crippen LogP contribution < -0.4 is 10.6 Å². The normalized spacial score (nSPS) is 22.3. The van der Waals surface area contributed by atoms with Crippen LogP contribution in [0.2, 0.25) is 0 Å². The second-order valence-electron chi connectivity index (χ2n) is 5.10.